The summed E-state index contributed by atoms with van der Waals surface area (Å²) < 4.78 is 9.19. The number of nitrogens with zero attached hydrogens (tertiary/aromatic N) is 4. The van der Waals surface area contributed by atoms with E-state index in [-0.39, 0.29) is 5.97 Å². The number of aryl methyl sites for hydroxylation is 2. The maximum Gasteiger partial charge on any atom is 0.338 e. The molecular weight excluding hydrogens is 390 g/mol. The Hall–Kier alpha value is -3.87. The number of benzene rings is 2. The van der Waals surface area contributed by atoms with Gasteiger partial charge in [-0.15, -0.1) is 0 Å². The Morgan fingerprint density at radius 2 is 1.97 bits per heavy atom. The van der Waals surface area contributed by atoms with Gasteiger partial charge in [0.2, 0.25) is 5.95 Å². The van der Waals surface area contributed by atoms with E-state index in [1.807, 2.05) is 67.9 Å². The van der Waals surface area contributed by atoms with E-state index in [1.165, 1.54) is 0 Å². The van der Waals surface area contributed by atoms with E-state index >= 15 is 0 Å². The smallest absolute Gasteiger partial charge is 0.338 e. The van der Waals surface area contributed by atoms with Crippen LogP contribution in [0.15, 0.2) is 59.7 Å². The number of aromatic nitrogens is 3. The van der Waals surface area contributed by atoms with E-state index in [0.29, 0.717) is 18.1 Å². The molecule has 0 aliphatic carbocycles. The van der Waals surface area contributed by atoms with Gasteiger partial charge in [-0.1, -0.05) is 18.2 Å². The first-order chi connectivity index (χ1) is 15.0. The Morgan fingerprint density at radius 1 is 1.16 bits per heavy atom. The lowest BCUT2D eigenvalue weighted by Gasteiger charge is -2.11. The summed E-state index contributed by atoms with van der Waals surface area (Å²) in [4.78, 5) is 16.7. The number of anilines is 1. The van der Waals surface area contributed by atoms with E-state index in [4.69, 9.17) is 4.74 Å². The number of fused-ring (bicyclic) bond motifs is 1. The van der Waals surface area contributed by atoms with Crippen molar-refractivity contribution in [1.82, 2.24) is 14.1 Å². The molecule has 0 atom stereocenters. The third-order valence-electron chi connectivity index (χ3n) is 5.24. The van der Waals surface area contributed by atoms with E-state index in [2.05, 4.69) is 26.1 Å². The standard InChI is InChI=1S/C24H25N5O2/c1-5-31-23(30)18-9-8-10-20(14-18)29-16(2)13-19(17(29)3)15-25-27-24-26-21-11-6-7-12-22(21)28(24)4/h6-15H,5H2,1-4H3,(H,26,27)/b25-15-. The maximum absolute atomic E-state index is 12.1. The van der Waals surface area contributed by atoms with Crippen molar-refractivity contribution in [2.75, 3.05) is 12.0 Å². The minimum atomic E-state index is -0.319. The van der Waals surface area contributed by atoms with Crippen molar-refractivity contribution in [2.24, 2.45) is 12.1 Å². The van der Waals surface area contributed by atoms with E-state index in [0.717, 1.165) is 33.7 Å². The number of hydrogen-bond acceptors (Lipinski definition) is 5. The van der Waals surface area contributed by atoms with Crippen LogP contribution >= 0.6 is 0 Å². The van der Waals surface area contributed by atoms with E-state index in [9.17, 15) is 4.79 Å². The summed E-state index contributed by atoms with van der Waals surface area (Å²) in [6.45, 7) is 6.21. The van der Waals surface area contributed by atoms with Gasteiger partial charge in [0.25, 0.3) is 0 Å². The second kappa shape index (κ2) is 8.47. The second-order valence-electron chi connectivity index (χ2n) is 7.29. The van der Waals surface area contributed by atoms with Crippen molar-refractivity contribution in [2.45, 2.75) is 20.8 Å². The number of imidazole rings is 1. The quantitative estimate of drug-likeness (QED) is 0.284. The van der Waals surface area contributed by atoms with Gasteiger partial charge in [-0.3, -0.25) is 0 Å². The zero-order chi connectivity index (χ0) is 22.0. The van der Waals surface area contributed by atoms with Gasteiger partial charge in [0.15, 0.2) is 0 Å². The average molecular weight is 415 g/mol. The molecule has 0 bridgehead atoms. The third-order valence-corrected chi connectivity index (χ3v) is 5.24. The van der Waals surface area contributed by atoms with Crippen molar-refractivity contribution < 1.29 is 9.53 Å². The number of para-hydroxylation sites is 2. The maximum atomic E-state index is 12.1. The van der Waals surface area contributed by atoms with E-state index < -0.39 is 0 Å². The van der Waals surface area contributed by atoms with Gasteiger partial charge in [0.1, 0.15) is 0 Å². The van der Waals surface area contributed by atoms with E-state index in [1.54, 1.807) is 19.2 Å². The monoisotopic (exact) mass is 415 g/mol. The summed E-state index contributed by atoms with van der Waals surface area (Å²) in [6.07, 6.45) is 1.79. The van der Waals surface area contributed by atoms with Gasteiger partial charge in [-0.25, -0.2) is 15.2 Å². The molecule has 0 aliphatic heterocycles. The number of carbonyl (C=O) groups is 1. The number of hydrogen-bond donors (Lipinski definition) is 1. The molecule has 0 spiro atoms. The molecule has 31 heavy (non-hydrogen) atoms. The molecule has 0 saturated heterocycles. The lowest BCUT2D eigenvalue weighted by molar-refractivity contribution is 0.0526. The number of nitrogens with one attached hydrogen (secondary N) is 1. The lowest BCUT2D eigenvalue weighted by atomic mass is 10.2. The van der Waals surface area contributed by atoms with Crippen molar-refractivity contribution in [3.63, 3.8) is 0 Å². The predicted octanol–water partition coefficient (Wildman–Crippen LogP) is 4.60. The summed E-state index contributed by atoms with van der Waals surface area (Å²) in [5, 5.41) is 4.40. The van der Waals surface area contributed by atoms with Crippen molar-refractivity contribution in [1.29, 1.82) is 0 Å². The molecule has 0 unspecified atom stereocenters. The summed E-state index contributed by atoms with van der Waals surface area (Å²) in [5.41, 5.74) is 9.48. The van der Waals surface area contributed by atoms with Crippen LogP contribution in [0.5, 0.6) is 0 Å². The summed E-state index contributed by atoms with van der Waals surface area (Å²) >= 11 is 0. The van der Waals surface area contributed by atoms with Gasteiger partial charge >= 0.3 is 5.97 Å². The normalized spacial score (nSPS) is 11.4. The summed E-state index contributed by atoms with van der Waals surface area (Å²) in [5.74, 6) is 0.355. The average Bonchev–Trinajstić information content (AvgIpc) is 3.24. The Bertz CT molecular complexity index is 1280. The van der Waals surface area contributed by atoms with Crippen LogP contribution in [0.1, 0.15) is 34.2 Å². The van der Waals surface area contributed by atoms with Crippen LogP contribution in [0.25, 0.3) is 16.7 Å². The van der Waals surface area contributed by atoms with Crippen molar-refractivity contribution >= 4 is 29.2 Å². The van der Waals surface area contributed by atoms with Crippen molar-refractivity contribution in [3.8, 4) is 5.69 Å². The van der Waals surface area contributed by atoms with Gasteiger partial charge < -0.3 is 13.9 Å². The molecule has 2 aromatic heterocycles. The number of hydrazone groups is 1. The minimum Gasteiger partial charge on any atom is -0.462 e. The lowest BCUT2D eigenvalue weighted by Crippen LogP contribution is -2.06. The Kier molecular flexibility index (Phi) is 5.58. The fourth-order valence-corrected chi connectivity index (χ4v) is 3.71. The number of rotatable bonds is 6. The van der Waals surface area contributed by atoms with Crippen LogP contribution in [-0.2, 0) is 11.8 Å². The fourth-order valence-electron chi connectivity index (χ4n) is 3.71. The molecule has 0 fully saturated rings. The van der Waals surface area contributed by atoms with Crippen molar-refractivity contribution in [3.05, 3.63) is 77.1 Å². The number of esters is 1. The Labute approximate surface area is 181 Å². The Morgan fingerprint density at radius 3 is 2.74 bits per heavy atom. The predicted molar refractivity (Wildman–Crippen MR) is 123 cm³/mol. The van der Waals surface area contributed by atoms with Gasteiger partial charge in [0.05, 0.1) is 29.4 Å². The van der Waals surface area contributed by atoms with Crippen LogP contribution in [0.2, 0.25) is 0 Å². The highest BCUT2D eigenvalue weighted by atomic mass is 16.5. The minimum absolute atomic E-state index is 0.319. The summed E-state index contributed by atoms with van der Waals surface area (Å²) in [6, 6.07) is 17.5. The molecule has 2 heterocycles. The fraction of sp³-hybridized carbons (Fsp3) is 0.208. The molecule has 7 heteroatoms. The molecule has 1 N–H and O–H groups in total. The zero-order valence-corrected chi connectivity index (χ0v) is 18.1. The zero-order valence-electron chi connectivity index (χ0n) is 18.1. The molecular formula is C24H25N5O2. The summed E-state index contributed by atoms with van der Waals surface area (Å²) in [7, 11) is 1.95. The molecule has 158 valence electrons. The molecule has 4 aromatic rings. The highest BCUT2D eigenvalue weighted by molar-refractivity contribution is 5.90. The first-order valence-corrected chi connectivity index (χ1v) is 10.2. The SMILES string of the molecule is CCOC(=O)c1cccc(-n2c(C)cc(/C=N\Nc3nc4ccccc4n3C)c2C)c1. The van der Waals surface area contributed by atoms with Gasteiger partial charge in [0, 0.05) is 29.7 Å². The highest BCUT2D eigenvalue weighted by Crippen LogP contribution is 2.22. The van der Waals surface area contributed by atoms with Gasteiger partial charge in [-0.05, 0) is 57.2 Å². The molecule has 7 nitrogen and oxygen atoms in total. The molecule has 2 aromatic carbocycles. The Balaban J connectivity index is 1.59. The van der Waals surface area contributed by atoms with Crippen LogP contribution < -0.4 is 5.43 Å². The first-order valence-electron chi connectivity index (χ1n) is 10.2. The molecule has 0 radical (unpaired) electrons. The van der Waals surface area contributed by atoms with Gasteiger partial charge in [-0.2, -0.15) is 5.10 Å². The third kappa shape index (κ3) is 3.94. The molecule has 0 saturated carbocycles. The molecule has 0 aliphatic rings. The largest absolute Gasteiger partial charge is 0.462 e. The number of ether oxygens (including phenoxy) is 1. The highest BCUT2D eigenvalue weighted by Gasteiger charge is 2.13. The molecule has 4 rings (SSSR count). The molecule has 0 amide bonds. The topological polar surface area (TPSA) is 73.4 Å². The van der Waals surface area contributed by atoms with Crippen LogP contribution in [0, 0.1) is 13.8 Å². The first kappa shape index (κ1) is 20.4. The van der Waals surface area contributed by atoms with Crippen LogP contribution in [-0.4, -0.2) is 32.9 Å². The number of carbonyl (C=O) groups excluding carboxylic acids is 1. The van der Waals surface area contributed by atoms with Crippen LogP contribution in [0.4, 0.5) is 5.95 Å². The van der Waals surface area contributed by atoms with Crippen LogP contribution in [0.3, 0.4) is 0 Å². The second-order valence-corrected chi connectivity index (χ2v) is 7.29.